The van der Waals surface area contributed by atoms with Crippen LogP contribution in [0.4, 0.5) is 0 Å². The molecule has 0 radical (unpaired) electrons. The topological polar surface area (TPSA) is 52.6 Å². The number of hydrogen-bond donors (Lipinski definition) is 0. The molecule has 2 rings (SSSR count). The highest BCUT2D eigenvalue weighted by Gasteiger charge is 2.17. The van der Waals surface area contributed by atoms with Crippen molar-refractivity contribution >= 4 is 41.7 Å². The first-order chi connectivity index (χ1) is 11.0. The quantitative estimate of drug-likeness (QED) is 0.581. The normalized spacial score (nSPS) is 12.7. The second kappa shape index (κ2) is 8.17. The number of halogens is 2. The Kier molecular flexibility index (Phi) is 6.50. The average Bonchev–Trinajstić information content (AvgIpc) is 2.60. The lowest BCUT2D eigenvalue weighted by atomic mass is 10.3. The molecule has 1 unspecified atom stereocenters. The van der Waals surface area contributed by atoms with Gasteiger partial charge in [-0.05, 0) is 48.5 Å². The van der Waals surface area contributed by atoms with E-state index in [4.69, 9.17) is 9.47 Å². The van der Waals surface area contributed by atoms with Crippen LogP contribution in [0.5, 0.6) is 11.5 Å². The van der Waals surface area contributed by atoms with Crippen molar-refractivity contribution in [2.45, 2.75) is 14.6 Å². The third-order valence-electron chi connectivity index (χ3n) is 3.10. The number of ether oxygens (including phenoxy) is 2. The van der Waals surface area contributed by atoms with Crippen molar-refractivity contribution in [3.63, 3.8) is 0 Å². The average molecular weight is 464 g/mol. The lowest BCUT2D eigenvalue weighted by molar-refractivity contribution is 0.325. The van der Waals surface area contributed by atoms with E-state index in [9.17, 15) is 8.42 Å². The molecule has 0 heterocycles. The Balaban J connectivity index is 2.16. The van der Waals surface area contributed by atoms with Gasteiger partial charge >= 0.3 is 0 Å². The van der Waals surface area contributed by atoms with Crippen LogP contribution in [0.25, 0.3) is 0 Å². The van der Waals surface area contributed by atoms with Gasteiger partial charge in [0.2, 0.25) is 9.84 Å². The highest BCUT2D eigenvalue weighted by atomic mass is 79.9. The summed E-state index contributed by atoms with van der Waals surface area (Å²) in [6.07, 6.45) is 0. The van der Waals surface area contributed by atoms with Crippen molar-refractivity contribution in [2.24, 2.45) is 0 Å². The molecule has 7 heteroatoms. The highest BCUT2D eigenvalue weighted by molar-refractivity contribution is 9.12. The van der Waals surface area contributed by atoms with Crippen molar-refractivity contribution in [1.82, 2.24) is 0 Å². The SMILES string of the molecule is COc1ccc(S(=O)(=O)c2ccc(OCC(Br)CBr)cc2)cc1. The van der Waals surface area contributed by atoms with Crippen molar-refractivity contribution < 1.29 is 17.9 Å². The van der Waals surface area contributed by atoms with Crippen LogP contribution >= 0.6 is 31.9 Å². The largest absolute Gasteiger partial charge is 0.497 e. The number of benzene rings is 2. The molecule has 0 saturated carbocycles. The Morgan fingerprint density at radius 1 is 0.957 bits per heavy atom. The molecule has 0 aromatic heterocycles. The van der Waals surface area contributed by atoms with Crippen LogP contribution in [0, 0.1) is 0 Å². The van der Waals surface area contributed by atoms with Gasteiger partial charge in [0.25, 0.3) is 0 Å². The Hall–Kier alpha value is -1.05. The number of hydrogen-bond acceptors (Lipinski definition) is 4. The molecule has 0 N–H and O–H groups in total. The zero-order valence-electron chi connectivity index (χ0n) is 12.4. The second-order valence-corrected chi connectivity index (χ2v) is 8.61. The van der Waals surface area contributed by atoms with E-state index < -0.39 is 9.84 Å². The van der Waals surface area contributed by atoms with Gasteiger partial charge in [0.15, 0.2) is 0 Å². The van der Waals surface area contributed by atoms with Gasteiger partial charge in [0.05, 0.1) is 21.7 Å². The second-order valence-electron chi connectivity index (χ2n) is 4.71. The summed E-state index contributed by atoms with van der Waals surface area (Å²) in [5.74, 6) is 1.24. The van der Waals surface area contributed by atoms with Crippen LogP contribution in [0.1, 0.15) is 0 Å². The summed E-state index contributed by atoms with van der Waals surface area (Å²) < 4.78 is 35.7. The molecule has 0 amide bonds. The van der Waals surface area contributed by atoms with Crippen LogP contribution in [0.15, 0.2) is 58.3 Å². The molecule has 0 spiro atoms. The Morgan fingerprint density at radius 3 is 1.87 bits per heavy atom. The Labute approximate surface area is 153 Å². The highest BCUT2D eigenvalue weighted by Crippen LogP contribution is 2.25. The van der Waals surface area contributed by atoms with Gasteiger partial charge in [-0.1, -0.05) is 31.9 Å². The molecular formula is C16H16Br2O4S. The first-order valence-electron chi connectivity index (χ1n) is 6.79. The molecule has 4 nitrogen and oxygen atoms in total. The molecule has 0 aliphatic rings. The fourth-order valence-corrected chi connectivity index (χ4v) is 3.42. The minimum Gasteiger partial charge on any atom is -0.497 e. The van der Waals surface area contributed by atoms with E-state index in [2.05, 4.69) is 31.9 Å². The maximum atomic E-state index is 12.6. The van der Waals surface area contributed by atoms with Crippen molar-refractivity contribution in [2.75, 3.05) is 19.0 Å². The van der Waals surface area contributed by atoms with Crippen LogP contribution in [0.2, 0.25) is 0 Å². The van der Waals surface area contributed by atoms with Crippen LogP contribution in [-0.4, -0.2) is 32.3 Å². The maximum absolute atomic E-state index is 12.6. The molecule has 0 aliphatic carbocycles. The minimum atomic E-state index is -3.54. The number of sulfone groups is 1. The van der Waals surface area contributed by atoms with Gasteiger partial charge in [-0.15, -0.1) is 0 Å². The van der Waals surface area contributed by atoms with Gasteiger partial charge in [0, 0.05) is 5.33 Å². The van der Waals surface area contributed by atoms with Crippen molar-refractivity contribution in [1.29, 1.82) is 0 Å². The molecule has 0 aliphatic heterocycles. The smallest absolute Gasteiger partial charge is 0.206 e. The zero-order valence-corrected chi connectivity index (χ0v) is 16.4. The molecule has 2 aromatic rings. The van der Waals surface area contributed by atoms with E-state index in [0.717, 1.165) is 5.33 Å². The van der Waals surface area contributed by atoms with Crippen molar-refractivity contribution in [3.05, 3.63) is 48.5 Å². The van der Waals surface area contributed by atoms with E-state index in [1.54, 1.807) is 36.4 Å². The predicted octanol–water partition coefficient (Wildman–Crippen LogP) is 4.07. The van der Waals surface area contributed by atoms with E-state index in [-0.39, 0.29) is 14.6 Å². The number of methoxy groups -OCH3 is 1. The molecule has 2 aromatic carbocycles. The number of alkyl halides is 2. The molecule has 1 atom stereocenters. The van der Waals surface area contributed by atoms with Gasteiger partial charge in [-0.3, -0.25) is 0 Å². The molecule has 0 fully saturated rings. The van der Waals surface area contributed by atoms with E-state index in [1.807, 2.05) is 0 Å². The fourth-order valence-electron chi connectivity index (χ4n) is 1.84. The lowest BCUT2D eigenvalue weighted by Gasteiger charge is -2.10. The zero-order chi connectivity index (χ0) is 16.9. The summed E-state index contributed by atoms with van der Waals surface area (Å²) in [5, 5.41) is 0.775. The summed E-state index contributed by atoms with van der Waals surface area (Å²) in [7, 11) is -2.01. The predicted molar refractivity (Wildman–Crippen MR) is 96.9 cm³/mol. The van der Waals surface area contributed by atoms with Gasteiger partial charge < -0.3 is 9.47 Å². The van der Waals surface area contributed by atoms with Crippen LogP contribution in [0.3, 0.4) is 0 Å². The molecule has 124 valence electrons. The summed E-state index contributed by atoms with van der Waals surface area (Å²) in [6.45, 7) is 0.496. The summed E-state index contributed by atoms with van der Waals surface area (Å²) in [4.78, 5) is 0.655. The Bertz CT molecular complexity index is 728. The monoisotopic (exact) mass is 462 g/mol. The molecule has 23 heavy (non-hydrogen) atoms. The minimum absolute atomic E-state index is 0.199. The standard InChI is InChI=1S/C16H16Br2O4S/c1-21-13-2-6-15(7-3-13)23(19,20)16-8-4-14(5-9-16)22-11-12(18)10-17/h2-9,12H,10-11H2,1H3. The first kappa shape index (κ1) is 18.3. The van der Waals surface area contributed by atoms with Crippen LogP contribution in [-0.2, 0) is 9.84 Å². The maximum Gasteiger partial charge on any atom is 0.206 e. The summed E-state index contributed by atoms with van der Waals surface area (Å²) in [5.41, 5.74) is 0. The fraction of sp³-hybridized carbons (Fsp3) is 0.250. The molecular weight excluding hydrogens is 448 g/mol. The van der Waals surface area contributed by atoms with E-state index >= 15 is 0 Å². The van der Waals surface area contributed by atoms with Crippen LogP contribution < -0.4 is 9.47 Å². The summed E-state index contributed by atoms with van der Waals surface area (Å²) in [6, 6.07) is 12.7. The van der Waals surface area contributed by atoms with E-state index in [0.29, 0.717) is 18.1 Å². The molecule has 0 saturated heterocycles. The van der Waals surface area contributed by atoms with Crippen molar-refractivity contribution in [3.8, 4) is 11.5 Å². The first-order valence-corrected chi connectivity index (χ1v) is 10.3. The third-order valence-corrected chi connectivity index (χ3v) is 7.13. The summed E-state index contributed by atoms with van der Waals surface area (Å²) >= 11 is 6.79. The van der Waals surface area contributed by atoms with Gasteiger partial charge in [-0.25, -0.2) is 8.42 Å². The van der Waals surface area contributed by atoms with E-state index in [1.165, 1.54) is 19.2 Å². The van der Waals surface area contributed by atoms with Gasteiger partial charge in [-0.2, -0.15) is 0 Å². The number of rotatable bonds is 7. The Morgan fingerprint density at radius 2 is 1.43 bits per heavy atom. The van der Waals surface area contributed by atoms with Gasteiger partial charge in [0.1, 0.15) is 18.1 Å². The third kappa shape index (κ3) is 4.71. The molecule has 0 bridgehead atoms. The lowest BCUT2D eigenvalue weighted by Crippen LogP contribution is -2.12.